The van der Waals surface area contributed by atoms with Gasteiger partial charge in [0, 0.05) is 6.04 Å². The Labute approximate surface area is 159 Å². The largest absolute Gasteiger partial charge is 0.466 e. The third-order valence-corrected chi connectivity index (χ3v) is 5.01. The van der Waals surface area contributed by atoms with Gasteiger partial charge in [-0.2, -0.15) is 0 Å². The molecule has 1 heterocycles. The Morgan fingerprint density at radius 3 is 2.70 bits per heavy atom. The van der Waals surface area contributed by atoms with Gasteiger partial charge < -0.3 is 20.3 Å². The predicted molar refractivity (Wildman–Crippen MR) is 100 cm³/mol. The normalized spacial score (nSPS) is 22.0. The van der Waals surface area contributed by atoms with Crippen molar-refractivity contribution < 1.29 is 24.0 Å². The quantitative estimate of drug-likeness (QED) is 0.602. The molecule has 2 amide bonds. The van der Waals surface area contributed by atoms with Crippen LogP contribution in [0.5, 0.6) is 0 Å². The number of amides is 2. The van der Waals surface area contributed by atoms with Crippen molar-refractivity contribution in [1.29, 1.82) is 0 Å². The maximum absolute atomic E-state index is 12.5. The van der Waals surface area contributed by atoms with Gasteiger partial charge in [-0.15, -0.1) is 0 Å². The third kappa shape index (κ3) is 5.53. The number of rotatable bonds is 7. The molecule has 1 aliphatic heterocycles. The SMILES string of the molecule is CCOC(=O)[C@H]1CCC[NH+](CC(=O)Nc2ccccc2C(=O)NC2CC2)C1. The van der Waals surface area contributed by atoms with E-state index in [0.717, 1.165) is 37.1 Å². The van der Waals surface area contributed by atoms with Crippen LogP contribution < -0.4 is 15.5 Å². The summed E-state index contributed by atoms with van der Waals surface area (Å²) in [6, 6.07) is 7.31. The van der Waals surface area contributed by atoms with Crippen LogP contribution in [0, 0.1) is 5.92 Å². The zero-order chi connectivity index (χ0) is 19.2. The van der Waals surface area contributed by atoms with Gasteiger partial charge in [-0.1, -0.05) is 12.1 Å². The maximum Gasteiger partial charge on any atom is 0.314 e. The van der Waals surface area contributed by atoms with Crippen LogP contribution in [0.3, 0.4) is 0 Å². The van der Waals surface area contributed by atoms with Crippen LogP contribution in [0.1, 0.15) is 43.0 Å². The summed E-state index contributed by atoms with van der Waals surface area (Å²) in [5.74, 6) is -0.613. The van der Waals surface area contributed by atoms with Crippen LogP contribution in [0.25, 0.3) is 0 Å². The first-order valence-electron chi connectivity index (χ1n) is 9.76. The molecule has 0 aromatic heterocycles. The lowest BCUT2D eigenvalue weighted by atomic mass is 9.98. The maximum atomic E-state index is 12.5. The Kier molecular flexibility index (Phi) is 6.45. The van der Waals surface area contributed by atoms with Gasteiger partial charge >= 0.3 is 5.97 Å². The first-order chi connectivity index (χ1) is 13.1. The molecule has 2 fully saturated rings. The van der Waals surface area contributed by atoms with Gasteiger partial charge in [0.1, 0.15) is 5.92 Å². The standard InChI is InChI=1S/C20H27N3O4/c1-2-27-20(26)14-6-5-11-23(12-14)13-18(24)22-17-8-4-3-7-16(17)19(25)21-15-9-10-15/h3-4,7-8,14-15H,2,5-6,9-13H2,1H3,(H,21,25)(H,22,24)/p+1/t14-/m0/s1. The summed E-state index contributed by atoms with van der Waals surface area (Å²) in [7, 11) is 0. The van der Waals surface area contributed by atoms with Gasteiger partial charge in [0.2, 0.25) is 0 Å². The first kappa shape index (κ1) is 19.4. The van der Waals surface area contributed by atoms with Crippen molar-refractivity contribution >= 4 is 23.5 Å². The molecule has 0 spiro atoms. The van der Waals surface area contributed by atoms with Gasteiger partial charge in [0.25, 0.3) is 11.8 Å². The van der Waals surface area contributed by atoms with Crippen LogP contribution >= 0.6 is 0 Å². The number of benzene rings is 1. The number of hydrogen-bond donors (Lipinski definition) is 3. The van der Waals surface area contributed by atoms with Crippen LogP contribution in [0.15, 0.2) is 24.3 Å². The number of carbonyl (C=O) groups is 3. The zero-order valence-corrected chi connectivity index (χ0v) is 15.8. The summed E-state index contributed by atoms with van der Waals surface area (Å²) >= 11 is 0. The second kappa shape index (κ2) is 8.99. The number of nitrogens with one attached hydrogen (secondary N) is 3. The topological polar surface area (TPSA) is 88.9 Å². The second-order valence-electron chi connectivity index (χ2n) is 7.31. The lowest BCUT2D eigenvalue weighted by Crippen LogP contribution is -3.14. The van der Waals surface area contributed by atoms with Crippen LogP contribution in [-0.2, 0) is 14.3 Å². The number of quaternary nitrogens is 1. The minimum Gasteiger partial charge on any atom is -0.466 e. The molecule has 1 saturated carbocycles. The van der Waals surface area contributed by atoms with Gasteiger partial charge in [-0.25, -0.2) is 0 Å². The van der Waals surface area contributed by atoms with E-state index >= 15 is 0 Å². The number of esters is 1. The number of likely N-dealkylation sites (tertiary alicyclic amines) is 1. The van der Waals surface area contributed by atoms with Crippen LogP contribution in [0.2, 0.25) is 0 Å². The summed E-state index contributed by atoms with van der Waals surface area (Å²) < 4.78 is 5.11. The van der Waals surface area contributed by atoms with Crippen LogP contribution in [0.4, 0.5) is 5.69 Å². The average molecular weight is 374 g/mol. The molecule has 146 valence electrons. The van der Waals surface area contributed by atoms with E-state index in [2.05, 4.69) is 10.6 Å². The molecule has 7 nitrogen and oxygen atoms in total. The summed E-state index contributed by atoms with van der Waals surface area (Å²) in [5.41, 5.74) is 1.01. The summed E-state index contributed by atoms with van der Waals surface area (Å²) in [6.07, 6.45) is 3.74. The fraction of sp³-hybridized carbons (Fsp3) is 0.550. The van der Waals surface area contributed by atoms with Crippen molar-refractivity contribution in [3.63, 3.8) is 0 Å². The zero-order valence-electron chi connectivity index (χ0n) is 15.8. The number of piperidine rings is 1. The van der Waals surface area contributed by atoms with E-state index in [1.54, 1.807) is 31.2 Å². The van der Waals surface area contributed by atoms with Crippen molar-refractivity contribution in [3.8, 4) is 0 Å². The highest BCUT2D eigenvalue weighted by Crippen LogP contribution is 2.21. The fourth-order valence-corrected chi connectivity index (χ4v) is 3.48. The molecule has 0 bridgehead atoms. The van der Waals surface area contributed by atoms with Gasteiger partial charge in [-0.3, -0.25) is 14.4 Å². The Balaban J connectivity index is 1.56. The Bertz CT molecular complexity index is 702. The number of carbonyl (C=O) groups excluding carboxylic acids is 3. The Morgan fingerprint density at radius 1 is 1.19 bits per heavy atom. The molecule has 1 saturated heterocycles. The number of ether oxygens (including phenoxy) is 1. The van der Waals surface area contributed by atoms with Crippen LogP contribution in [-0.4, -0.2) is 50.1 Å². The highest BCUT2D eigenvalue weighted by Gasteiger charge is 2.31. The minimum absolute atomic E-state index is 0.141. The van der Waals surface area contributed by atoms with Crippen molar-refractivity contribution in [2.24, 2.45) is 5.92 Å². The van der Waals surface area contributed by atoms with Crippen molar-refractivity contribution in [2.45, 2.75) is 38.6 Å². The second-order valence-corrected chi connectivity index (χ2v) is 7.31. The highest BCUT2D eigenvalue weighted by atomic mass is 16.5. The van der Waals surface area contributed by atoms with Crippen molar-refractivity contribution in [2.75, 3.05) is 31.6 Å². The van der Waals surface area contributed by atoms with E-state index in [0.29, 0.717) is 24.4 Å². The number of anilines is 1. The van der Waals surface area contributed by atoms with Gasteiger partial charge in [0.05, 0.1) is 30.9 Å². The highest BCUT2D eigenvalue weighted by molar-refractivity contribution is 6.04. The summed E-state index contributed by atoms with van der Waals surface area (Å²) in [6.45, 7) is 3.91. The fourth-order valence-electron chi connectivity index (χ4n) is 3.48. The molecule has 0 radical (unpaired) electrons. The molecule has 1 aromatic carbocycles. The molecular formula is C20H28N3O4+. The first-order valence-corrected chi connectivity index (χ1v) is 9.76. The molecule has 1 unspecified atom stereocenters. The van der Waals surface area contributed by atoms with Crippen molar-refractivity contribution in [1.82, 2.24) is 5.32 Å². The van der Waals surface area contributed by atoms with E-state index in [1.165, 1.54) is 0 Å². The molecular weight excluding hydrogens is 346 g/mol. The van der Waals surface area contributed by atoms with E-state index < -0.39 is 0 Å². The predicted octanol–water partition coefficient (Wildman–Crippen LogP) is 0.375. The van der Waals surface area contributed by atoms with Gasteiger partial charge in [-0.05, 0) is 44.7 Å². The monoisotopic (exact) mass is 374 g/mol. The number of hydrogen-bond acceptors (Lipinski definition) is 4. The molecule has 3 rings (SSSR count). The lowest BCUT2D eigenvalue weighted by Gasteiger charge is -2.28. The lowest BCUT2D eigenvalue weighted by molar-refractivity contribution is -0.899. The molecule has 7 heteroatoms. The third-order valence-electron chi connectivity index (χ3n) is 5.01. The Morgan fingerprint density at radius 2 is 1.96 bits per heavy atom. The molecule has 1 aromatic rings. The Hall–Kier alpha value is -2.41. The van der Waals surface area contributed by atoms with E-state index in [9.17, 15) is 14.4 Å². The summed E-state index contributed by atoms with van der Waals surface area (Å²) in [5, 5.41) is 5.81. The summed E-state index contributed by atoms with van der Waals surface area (Å²) in [4.78, 5) is 37.9. The minimum atomic E-state index is -0.169. The number of para-hydroxylation sites is 1. The molecule has 2 aliphatic rings. The van der Waals surface area contributed by atoms with Crippen molar-refractivity contribution in [3.05, 3.63) is 29.8 Å². The molecule has 27 heavy (non-hydrogen) atoms. The van der Waals surface area contributed by atoms with E-state index in [1.807, 2.05) is 0 Å². The molecule has 2 atom stereocenters. The molecule has 1 aliphatic carbocycles. The molecule has 3 N–H and O–H groups in total. The van der Waals surface area contributed by atoms with E-state index in [-0.39, 0.29) is 36.3 Å². The van der Waals surface area contributed by atoms with E-state index in [4.69, 9.17) is 4.74 Å². The average Bonchev–Trinajstić information content (AvgIpc) is 3.46. The van der Waals surface area contributed by atoms with Gasteiger partial charge in [0.15, 0.2) is 6.54 Å². The smallest absolute Gasteiger partial charge is 0.314 e.